The third-order valence-electron chi connectivity index (χ3n) is 2.91. The van der Waals surface area contributed by atoms with Gasteiger partial charge >= 0.3 is 5.97 Å². The van der Waals surface area contributed by atoms with Crippen molar-refractivity contribution in [2.75, 3.05) is 13.7 Å². The summed E-state index contributed by atoms with van der Waals surface area (Å²) >= 11 is 0. The first-order valence-corrected chi connectivity index (χ1v) is 5.15. The molecule has 0 bridgehead atoms. The molecule has 2 aliphatic rings. The van der Waals surface area contributed by atoms with Gasteiger partial charge in [-0.15, -0.1) is 0 Å². The summed E-state index contributed by atoms with van der Waals surface area (Å²) < 4.78 is 15.9. The summed E-state index contributed by atoms with van der Waals surface area (Å²) in [4.78, 5) is 11.3. The molecule has 0 radical (unpaired) electrons. The fourth-order valence-electron chi connectivity index (χ4n) is 2.19. The number of hydrogen-bond acceptors (Lipinski definition) is 4. The van der Waals surface area contributed by atoms with Crippen LogP contribution in [0.1, 0.15) is 32.1 Å². The van der Waals surface area contributed by atoms with E-state index in [0.29, 0.717) is 0 Å². The van der Waals surface area contributed by atoms with Crippen LogP contribution in [0.4, 0.5) is 0 Å². The first-order valence-electron chi connectivity index (χ1n) is 5.15. The lowest BCUT2D eigenvalue weighted by molar-refractivity contribution is -0.258. The van der Waals surface area contributed by atoms with E-state index >= 15 is 0 Å². The number of hydrogen-bond donors (Lipinski definition) is 0. The molecule has 0 aliphatic carbocycles. The second-order valence-corrected chi connectivity index (χ2v) is 3.88. The second-order valence-electron chi connectivity index (χ2n) is 3.88. The van der Waals surface area contributed by atoms with Crippen LogP contribution in [-0.4, -0.2) is 31.6 Å². The molecule has 80 valence electrons. The molecule has 2 fully saturated rings. The third-order valence-corrected chi connectivity index (χ3v) is 2.91. The zero-order valence-electron chi connectivity index (χ0n) is 8.45. The fraction of sp³-hybridized carbons (Fsp3) is 0.900. The number of ether oxygens (including phenoxy) is 3. The molecule has 0 aromatic heterocycles. The summed E-state index contributed by atoms with van der Waals surface area (Å²) in [6.07, 6.45) is 4.12. The van der Waals surface area contributed by atoms with E-state index in [4.69, 9.17) is 9.47 Å². The van der Waals surface area contributed by atoms with Gasteiger partial charge in [-0.05, 0) is 19.3 Å². The van der Waals surface area contributed by atoms with E-state index in [1.807, 2.05) is 0 Å². The van der Waals surface area contributed by atoms with Gasteiger partial charge in [0.15, 0.2) is 11.9 Å². The van der Waals surface area contributed by atoms with Gasteiger partial charge in [0.2, 0.25) is 0 Å². The highest BCUT2D eigenvalue weighted by Gasteiger charge is 2.43. The lowest BCUT2D eigenvalue weighted by atomic mass is 9.99. The van der Waals surface area contributed by atoms with E-state index in [2.05, 4.69) is 4.74 Å². The van der Waals surface area contributed by atoms with Crippen LogP contribution in [0.25, 0.3) is 0 Å². The third kappa shape index (κ3) is 1.77. The number of rotatable bonds is 1. The molecule has 0 saturated carbocycles. The van der Waals surface area contributed by atoms with Crippen molar-refractivity contribution < 1.29 is 19.0 Å². The quantitative estimate of drug-likeness (QED) is 0.597. The molecule has 0 amide bonds. The Bertz CT molecular complexity index is 220. The minimum absolute atomic E-state index is 0.278. The van der Waals surface area contributed by atoms with E-state index in [-0.39, 0.29) is 5.97 Å². The first-order chi connectivity index (χ1) is 6.76. The minimum Gasteiger partial charge on any atom is -0.467 e. The Morgan fingerprint density at radius 2 is 2.21 bits per heavy atom. The van der Waals surface area contributed by atoms with E-state index in [1.165, 1.54) is 7.11 Å². The van der Waals surface area contributed by atoms with E-state index < -0.39 is 11.9 Å². The van der Waals surface area contributed by atoms with Gasteiger partial charge in [-0.3, -0.25) is 0 Å². The molecule has 2 saturated heterocycles. The van der Waals surface area contributed by atoms with E-state index in [9.17, 15) is 4.79 Å². The molecule has 1 spiro atoms. The zero-order chi connectivity index (χ0) is 10.0. The highest BCUT2D eigenvalue weighted by atomic mass is 16.7. The Hall–Kier alpha value is -0.610. The molecule has 2 atom stereocenters. The summed E-state index contributed by atoms with van der Waals surface area (Å²) in [7, 11) is 1.39. The van der Waals surface area contributed by atoms with Crippen LogP contribution in [0.15, 0.2) is 0 Å². The van der Waals surface area contributed by atoms with Crippen molar-refractivity contribution in [3.8, 4) is 0 Å². The van der Waals surface area contributed by atoms with Crippen molar-refractivity contribution in [1.82, 2.24) is 0 Å². The van der Waals surface area contributed by atoms with Gasteiger partial charge in [-0.2, -0.15) is 0 Å². The Labute approximate surface area is 83.5 Å². The monoisotopic (exact) mass is 200 g/mol. The van der Waals surface area contributed by atoms with Crippen LogP contribution in [0, 0.1) is 0 Å². The maximum absolute atomic E-state index is 11.3. The van der Waals surface area contributed by atoms with Crippen molar-refractivity contribution in [2.45, 2.75) is 44.0 Å². The van der Waals surface area contributed by atoms with E-state index in [1.54, 1.807) is 0 Å². The highest BCUT2D eigenvalue weighted by Crippen LogP contribution is 2.37. The fourth-order valence-corrected chi connectivity index (χ4v) is 2.19. The lowest BCUT2D eigenvalue weighted by Gasteiger charge is -2.36. The smallest absolute Gasteiger partial charge is 0.335 e. The van der Waals surface area contributed by atoms with Gasteiger partial charge in [0.1, 0.15) is 0 Å². The molecule has 4 heteroatoms. The molecular weight excluding hydrogens is 184 g/mol. The minimum atomic E-state index is -0.475. The molecule has 2 aliphatic heterocycles. The maximum atomic E-state index is 11.3. The maximum Gasteiger partial charge on any atom is 0.335 e. The Balaban J connectivity index is 1.99. The average Bonchev–Trinajstić information content (AvgIpc) is 2.65. The summed E-state index contributed by atoms with van der Waals surface area (Å²) in [5.74, 6) is -0.753. The Morgan fingerprint density at radius 1 is 1.43 bits per heavy atom. The highest BCUT2D eigenvalue weighted by molar-refractivity contribution is 5.74. The van der Waals surface area contributed by atoms with Crippen molar-refractivity contribution >= 4 is 5.97 Å². The van der Waals surface area contributed by atoms with Crippen LogP contribution in [0.5, 0.6) is 0 Å². The van der Waals surface area contributed by atoms with Crippen LogP contribution in [0.3, 0.4) is 0 Å². The van der Waals surface area contributed by atoms with Crippen LogP contribution in [-0.2, 0) is 19.0 Å². The standard InChI is InChI=1S/C10H16O4/c1-12-9(11)8-4-2-5-10(14-8)6-3-7-13-10/h8H,2-7H2,1H3/t8-,10+/m0/s1. The van der Waals surface area contributed by atoms with Crippen molar-refractivity contribution in [1.29, 1.82) is 0 Å². The summed E-state index contributed by atoms with van der Waals surface area (Å²) in [5, 5.41) is 0. The van der Waals surface area contributed by atoms with Crippen molar-refractivity contribution in [3.05, 3.63) is 0 Å². The molecule has 0 N–H and O–H groups in total. The van der Waals surface area contributed by atoms with Crippen molar-refractivity contribution in [3.63, 3.8) is 0 Å². The Kier molecular flexibility index (Phi) is 2.74. The van der Waals surface area contributed by atoms with Gasteiger partial charge in [-0.25, -0.2) is 4.79 Å². The number of esters is 1. The van der Waals surface area contributed by atoms with Crippen LogP contribution >= 0.6 is 0 Å². The van der Waals surface area contributed by atoms with Gasteiger partial charge < -0.3 is 14.2 Å². The predicted molar refractivity (Wildman–Crippen MR) is 48.7 cm³/mol. The largest absolute Gasteiger partial charge is 0.467 e. The molecule has 2 rings (SSSR count). The SMILES string of the molecule is COC(=O)[C@@H]1CCC[C@]2(CCCO2)O1. The van der Waals surface area contributed by atoms with Crippen LogP contribution in [0.2, 0.25) is 0 Å². The predicted octanol–water partition coefficient (Wildman–Crippen LogP) is 1.24. The average molecular weight is 200 g/mol. The molecule has 0 unspecified atom stereocenters. The summed E-state index contributed by atoms with van der Waals surface area (Å²) in [5.41, 5.74) is 0. The molecular formula is C10H16O4. The lowest BCUT2D eigenvalue weighted by Crippen LogP contribution is -2.43. The first kappa shape index (κ1) is 9.93. The second kappa shape index (κ2) is 3.87. The number of carbonyl (C=O) groups is 1. The Morgan fingerprint density at radius 3 is 2.86 bits per heavy atom. The summed E-state index contributed by atoms with van der Waals surface area (Å²) in [6.45, 7) is 0.744. The molecule has 0 aromatic rings. The van der Waals surface area contributed by atoms with Gasteiger partial charge in [0, 0.05) is 12.8 Å². The normalized spacial score (nSPS) is 37.4. The number of methoxy groups -OCH3 is 1. The number of carbonyl (C=O) groups excluding carboxylic acids is 1. The van der Waals surface area contributed by atoms with Gasteiger partial charge in [0.05, 0.1) is 13.7 Å². The van der Waals surface area contributed by atoms with E-state index in [0.717, 1.165) is 38.7 Å². The summed E-state index contributed by atoms with van der Waals surface area (Å²) in [6, 6.07) is 0. The van der Waals surface area contributed by atoms with Gasteiger partial charge in [0.25, 0.3) is 0 Å². The van der Waals surface area contributed by atoms with Gasteiger partial charge in [-0.1, -0.05) is 0 Å². The molecule has 2 heterocycles. The zero-order valence-corrected chi connectivity index (χ0v) is 8.45. The topological polar surface area (TPSA) is 44.8 Å². The molecule has 4 nitrogen and oxygen atoms in total. The van der Waals surface area contributed by atoms with Crippen molar-refractivity contribution in [2.24, 2.45) is 0 Å². The van der Waals surface area contributed by atoms with Crippen LogP contribution < -0.4 is 0 Å². The molecule has 14 heavy (non-hydrogen) atoms. The molecule has 0 aromatic carbocycles.